The summed E-state index contributed by atoms with van der Waals surface area (Å²) in [5.74, 6) is 0.136. The predicted molar refractivity (Wildman–Crippen MR) is 82.7 cm³/mol. The summed E-state index contributed by atoms with van der Waals surface area (Å²) in [5.41, 5.74) is 0.600. The molecule has 0 spiro atoms. The Morgan fingerprint density at radius 3 is 2.15 bits per heavy atom. The molecule has 3 heteroatoms. The van der Waals surface area contributed by atoms with Crippen LogP contribution >= 0.6 is 0 Å². The van der Waals surface area contributed by atoms with Crippen molar-refractivity contribution in [1.29, 1.82) is 0 Å². The molecular weight excluding hydrogens is 248 g/mol. The summed E-state index contributed by atoms with van der Waals surface area (Å²) in [5, 5.41) is 6.56. The highest BCUT2D eigenvalue weighted by atomic mass is 16.2. The lowest BCUT2D eigenvalue weighted by Gasteiger charge is -2.32. The molecule has 1 amide bonds. The van der Waals surface area contributed by atoms with Crippen LogP contribution in [0.15, 0.2) is 30.3 Å². The van der Waals surface area contributed by atoms with Crippen molar-refractivity contribution >= 4 is 5.91 Å². The number of nitrogens with one attached hydrogen (secondary N) is 2. The molecule has 1 fully saturated rings. The van der Waals surface area contributed by atoms with Gasteiger partial charge in [-0.05, 0) is 52.1 Å². The monoisotopic (exact) mass is 274 g/mol. The van der Waals surface area contributed by atoms with E-state index in [1.807, 2.05) is 51.2 Å². The van der Waals surface area contributed by atoms with Gasteiger partial charge >= 0.3 is 0 Å². The highest BCUT2D eigenvalue weighted by Crippen LogP contribution is 2.25. The number of rotatable bonds is 4. The molecule has 2 N–H and O–H groups in total. The first-order chi connectivity index (χ1) is 9.54. The Hall–Kier alpha value is -1.35. The van der Waals surface area contributed by atoms with Crippen LogP contribution in [-0.2, 0) is 10.2 Å². The molecule has 0 unspecified atom stereocenters. The van der Waals surface area contributed by atoms with Crippen LogP contribution in [0.2, 0.25) is 0 Å². The number of carbonyl (C=O) groups excluding carboxylic acids is 1. The van der Waals surface area contributed by atoms with Crippen LogP contribution in [0.4, 0.5) is 0 Å². The van der Waals surface area contributed by atoms with Gasteiger partial charge in [0.25, 0.3) is 0 Å². The fraction of sp³-hybridized carbons (Fsp3) is 0.588. The third kappa shape index (κ3) is 3.40. The van der Waals surface area contributed by atoms with Crippen molar-refractivity contribution in [3.63, 3.8) is 0 Å². The van der Waals surface area contributed by atoms with Crippen LogP contribution in [0, 0.1) is 0 Å². The Bertz CT molecular complexity index is 434. The maximum Gasteiger partial charge on any atom is 0.230 e. The Balaban J connectivity index is 1.95. The molecule has 0 saturated heterocycles. The number of benzene rings is 1. The summed E-state index contributed by atoms with van der Waals surface area (Å²) in [7, 11) is 2.02. The normalized spacial score (nSPS) is 23.4. The third-order valence-corrected chi connectivity index (χ3v) is 4.53. The standard InChI is InChI=1S/C17H26N2O/c1-17(2,13-7-5-4-6-8-13)16(20)19-15-11-9-14(18-3)10-12-15/h4-8,14-15,18H,9-12H2,1-3H3,(H,19,20). The van der Waals surface area contributed by atoms with Crippen LogP contribution < -0.4 is 10.6 Å². The van der Waals surface area contributed by atoms with E-state index in [1.54, 1.807) is 0 Å². The molecule has 2 rings (SSSR count). The highest BCUT2D eigenvalue weighted by Gasteiger charge is 2.32. The van der Waals surface area contributed by atoms with Gasteiger partial charge in [-0.15, -0.1) is 0 Å². The van der Waals surface area contributed by atoms with Crippen molar-refractivity contribution in [3.8, 4) is 0 Å². The number of hydrogen-bond acceptors (Lipinski definition) is 2. The summed E-state index contributed by atoms with van der Waals surface area (Å²) in [6, 6.07) is 11.0. The molecular formula is C17H26N2O. The van der Waals surface area contributed by atoms with Gasteiger partial charge in [0.1, 0.15) is 0 Å². The molecule has 3 nitrogen and oxygen atoms in total. The average molecular weight is 274 g/mol. The first-order valence-corrected chi connectivity index (χ1v) is 7.58. The van der Waals surface area contributed by atoms with Gasteiger partial charge < -0.3 is 10.6 Å². The average Bonchev–Trinajstić information content (AvgIpc) is 2.49. The maximum absolute atomic E-state index is 12.6. The van der Waals surface area contributed by atoms with E-state index in [1.165, 1.54) is 0 Å². The second-order valence-corrected chi connectivity index (χ2v) is 6.30. The number of amides is 1. The third-order valence-electron chi connectivity index (χ3n) is 4.53. The molecule has 1 aliphatic carbocycles. The van der Waals surface area contributed by atoms with Gasteiger partial charge in [0.2, 0.25) is 5.91 Å². The minimum Gasteiger partial charge on any atom is -0.353 e. The molecule has 0 heterocycles. The fourth-order valence-electron chi connectivity index (χ4n) is 2.88. The van der Waals surface area contributed by atoms with Crippen molar-refractivity contribution in [2.75, 3.05) is 7.05 Å². The van der Waals surface area contributed by atoms with E-state index in [0.29, 0.717) is 12.1 Å². The first kappa shape index (κ1) is 15.0. The van der Waals surface area contributed by atoms with Gasteiger partial charge in [0, 0.05) is 12.1 Å². The Labute approximate surface area is 122 Å². The molecule has 0 radical (unpaired) electrons. The molecule has 1 saturated carbocycles. The molecule has 110 valence electrons. The number of carbonyl (C=O) groups is 1. The van der Waals surface area contributed by atoms with Crippen LogP contribution in [0.1, 0.15) is 45.1 Å². The van der Waals surface area contributed by atoms with Crippen molar-refractivity contribution in [3.05, 3.63) is 35.9 Å². The number of hydrogen-bond donors (Lipinski definition) is 2. The second-order valence-electron chi connectivity index (χ2n) is 6.30. The zero-order valence-corrected chi connectivity index (χ0v) is 12.8. The molecule has 1 aromatic rings. The smallest absolute Gasteiger partial charge is 0.230 e. The zero-order valence-electron chi connectivity index (χ0n) is 12.8. The lowest BCUT2D eigenvalue weighted by molar-refractivity contribution is -0.126. The van der Waals surface area contributed by atoms with Crippen LogP contribution in [0.3, 0.4) is 0 Å². The second kappa shape index (κ2) is 6.40. The van der Waals surface area contributed by atoms with E-state index in [4.69, 9.17) is 0 Å². The van der Waals surface area contributed by atoms with E-state index in [-0.39, 0.29) is 5.91 Å². The zero-order chi connectivity index (χ0) is 14.6. The molecule has 0 bridgehead atoms. The van der Waals surface area contributed by atoms with E-state index in [9.17, 15) is 4.79 Å². The molecule has 20 heavy (non-hydrogen) atoms. The Morgan fingerprint density at radius 2 is 1.60 bits per heavy atom. The van der Waals surface area contributed by atoms with Crippen molar-refractivity contribution < 1.29 is 4.79 Å². The van der Waals surface area contributed by atoms with Crippen molar-refractivity contribution in [2.45, 2.75) is 57.0 Å². The summed E-state index contributed by atoms with van der Waals surface area (Å²) >= 11 is 0. The van der Waals surface area contributed by atoms with Crippen molar-refractivity contribution in [2.24, 2.45) is 0 Å². The van der Waals surface area contributed by atoms with E-state index >= 15 is 0 Å². The van der Waals surface area contributed by atoms with E-state index < -0.39 is 5.41 Å². The SMILES string of the molecule is CNC1CCC(NC(=O)C(C)(C)c2ccccc2)CC1. The molecule has 0 aliphatic heterocycles. The molecule has 1 aliphatic rings. The lowest BCUT2D eigenvalue weighted by atomic mass is 9.82. The van der Waals surface area contributed by atoms with Crippen LogP contribution in [-0.4, -0.2) is 25.0 Å². The predicted octanol–water partition coefficient (Wildman–Crippen LogP) is 2.61. The van der Waals surface area contributed by atoms with Gasteiger partial charge in [-0.1, -0.05) is 30.3 Å². The molecule has 1 aromatic carbocycles. The summed E-state index contributed by atoms with van der Waals surface area (Å²) in [6.07, 6.45) is 4.44. The van der Waals surface area contributed by atoms with Crippen LogP contribution in [0.5, 0.6) is 0 Å². The van der Waals surface area contributed by atoms with Gasteiger partial charge in [-0.25, -0.2) is 0 Å². The summed E-state index contributed by atoms with van der Waals surface area (Å²) in [4.78, 5) is 12.6. The minimum absolute atomic E-state index is 0.136. The summed E-state index contributed by atoms with van der Waals surface area (Å²) < 4.78 is 0. The molecule has 0 aromatic heterocycles. The quantitative estimate of drug-likeness (QED) is 0.886. The van der Waals surface area contributed by atoms with Gasteiger partial charge in [-0.3, -0.25) is 4.79 Å². The van der Waals surface area contributed by atoms with Gasteiger partial charge in [0.15, 0.2) is 0 Å². The lowest BCUT2D eigenvalue weighted by Crippen LogP contribution is -2.47. The fourth-order valence-corrected chi connectivity index (χ4v) is 2.88. The van der Waals surface area contributed by atoms with Gasteiger partial charge in [0.05, 0.1) is 5.41 Å². The minimum atomic E-state index is -0.471. The Kier molecular flexibility index (Phi) is 4.81. The maximum atomic E-state index is 12.6. The van der Waals surface area contributed by atoms with Crippen molar-refractivity contribution in [1.82, 2.24) is 10.6 Å². The highest BCUT2D eigenvalue weighted by molar-refractivity contribution is 5.87. The first-order valence-electron chi connectivity index (χ1n) is 7.58. The summed E-state index contributed by atoms with van der Waals surface area (Å²) in [6.45, 7) is 3.99. The molecule has 0 atom stereocenters. The van der Waals surface area contributed by atoms with Gasteiger partial charge in [-0.2, -0.15) is 0 Å². The van der Waals surface area contributed by atoms with E-state index in [2.05, 4.69) is 10.6 Å². The van der Waals surface area contributed by atoms with Crippen LogP contribution in [0.25, 0.3) is 0 Å². The topological polar surface area (TPSA) is 41.1 Å². The Morgan fingerprint density at radius 1 is 1.05 bits per heavy atom. The van der Waals surface area contributed by atoms with E-state index in [0.717, 1.165) is 31.2 Å². The largest absolute Gasteiger partial charge is 0.353 e.